The number of primary sulfonamides is 1. The van der Waals surface area contributed by atoms with Crippen LogP contribution >= 0.6 is 27.5 Å². The predicted octanol–water partition coefficient (Wildman–Crippen LogP) is 2.06. The van der Waals surface area contributed by atoms with Gasteiger partial charge in [-0.05, 0) is 40.5 Å². The van der Waals surface area contributed by atoms with Crippen LogP contribution in [0.5, 0.6) is 0 Å². The first-order chi connectivity index (χ1) is 5.82. The molecule has 0 atom stereocenters. The largest absolute Gasteiger partial charge is 0.239 e. The molecule has 13 heavy (non-hydrogen) atoms. The summed E-state index contributed by atoms with van der Waals surface area (Å²) in [5.41, 5.74) is 0.530. The summed E-state index contributed by atoms with van der Waals surface area (Å²) < 4.78 is 22.6. The first-order valence-electron chi connectivity index (χ1n) is 3.31. The highest BCUT2D eigenvalue weighted by Crippen LogP contribution is 2.28. The predicted molar refractivity (Wildman–Crippen MR) is 55.3 cm³/mol. The molecule has 72 valence electrons. The molecule has 3 nitrogen and oxygen atoms in total. The van der Waals surface area contributed by atoms with Crippen molar-refractivity contribution in [2.45, 2.75) is 11.8 Å². The molecule has 0 saturated heterocycles. The second kappa shape index (κ2) is 3.57. The van der Waals surface area contributed by atoms with Gasteiger partial charge in [0.1, 0.15) is 0 Å². The number of halogens is 2. The fourth-order valence-corrected chi connectivity index (χ4v) is 3.53. The monoisotopic (exact) mass is 283 g/mol. The van der Waals surface area contributed by atoms with Gasteiger partial charge in [-0.25, -0.2) is 13.6 Å². The van der Waals surface area contributed by atoms with Crippen LogP contribution in [0.25, 0.3) is 0 Å². The van der Waals surface area contributed by atoms with E-state index in [0.717, 1.165) is 0 Å². The molecule has 6 heteroatoms. The second-order valence-electron chi connectivity index (χ2n) is 2.58. The molecule has 0 aliphatic heterocycles. The molecule has 0 aliphatic rings. The molecule has 0 radical (unpaired) electrons. The summed E-state index contributed by atoms with van der Waals surface area (Å²) in [4.78, 5) is 0.0805. The number of rotatable bonds is 1. The van der Waals surface area contributed by atoms with Crippen LogP contribution in [-0.2, 0) is 10.0 Å². The minimum Gasteiger partial charge on any atom is -0.225 e. The number of sulfonamides is 1. The van der Waals surface area contributed by atoms with Crippen molar-refractivity contribution in [3.63, 3.8) is 0 Å². The molecule has 1 aromatic rings. The lowest BCUT2D eigenvalue weighted by molar-refractivity contribution is 0.596. The standard InChI is InChI=1S/C7H7BrClNO2S/c1-4-2-5(9)3-6(8)7(4)13(10,11)12/h2-3H,1H3,(H2,10,11,12). The lowest BCUT2D eigenvalue weighted by Gasteiger charge is -2.06. The van der Waals surface area contributed by atoms with E-state index < -0.39 is 10.0 Å². The lowest BCUT2D eigenvalue weighted by Crippen LogP contribution is -2.14. The Labute approximate surface area is 90.1 Å². The van der Waals surface area contributed by atoms with Crippen molar-refractivity contribution in [2.75, 3.05) is 0 Å². The van der Waals surface area contributed by atoms with E-state index in [-0.39, 0.29) is 4.90 Å². The van der Waals surface area contributed by atoms with Crippen molar-refractivity contribution in [1.82, 2.24) is 0 Å². The molecule has 2 N–H and O–H groups in total. The van der Waals surface area contributed by atoms with Gasteiger partial charge in [-0.3, -0.25) is 0 Å². The minimum atomic E-state index is -3.69. The number of benzene rings is 1. The topological polar surface area (TPSA) is 60.2 Å². The summed E-state index contributed by atoms with van der Waals surface area (Å²) in [5.74, 6) is 0. The van der Waals surface area contributed by atoms with Gasteiger partial charge in [0.15, 0.2) is 0 Å². The van der Waals surface area contributed by atoms with Crippen LogP contribution in [0.15, 0.2) is 21.5 Å². The molecule has 0 spiro atoms. The maximum absolute atomic E-state index is 11.1. The Bertz CT molecular complexity index is 421. The first kappa shape index (κ1) is 11.0. The smallest absolute Gasteiger partial charge is 0.225 e. The Kier molecular flexibility index (Phi) is 3.01. The Morgan fingerprint density at radius 2 is 2.00 bits per heavy atom. The molecule has 0 saturated carbocycles. The summed E-state index contributed by atoms with van der Waals surface area (Å²) in [7, 11) is -3.69. The Hall–Kier alpha value is -0.100. The van der Waals surface area contributed by atoms with Crippen LogP contribution in [0.3, 0.4) is 0 Å². The van der Waals surface area contributed by atoms with E-state index in [0.29, 0.717) is 15.1 Å². The maximum atomic E-state index is 11.1. The molecular formula is C7H7BrClNO2S. The highest BCUT2D eigenvalue weighted by Gasteiger charge is 2.16. The van der Waals surface area contributed by atoms with Gasteiger partial charge in [0, 0.05) is 9.50 Å². The third-order valence-electron chi connectivity index (χ3n) is 1.48. The average molecular weight is 285 g/mol. The van der Waals surface area contributed by atoms with Crippen LogP contribution in [0.1, 0.15) is 5.56 Å². The van der Waals surface area contributed by atoms with Crippen molar-refractivity contribution in [1.29, 1.82) is 0 Å². The van der Waals surface area contributed by atoms with Gasteiger partial charge in [0.25, 0.3) is 0 Å². The molecule has 1 aromatic carbocycles. The van der Waals surface area contributed by atoms with Gasteiger partial charge < -0.3 is 0 Å². The fraction of sp³-hybridized carbons (Fsp3) is 0.143. The van der Waals surface area contributed by atoms with Gasteiger partial charge in [0.2, 0.25) is 10.0 Å². The van der Waals surface area contributed by atoms with E-state index in [1.807, 2.05) is 0 Å². The number of hydrogen-bond donors (Lipinski definition) is 1. The Balaban J connectivity index is 3.57. The highest BCUT2D eigenvalue weighted by molar-refractivity contribution is 9.10. The van der Waals surface area contributed by atoms with Gasteiger partial charge in [-0.15, -0.1) is 0 Å². The van der Waals surface area contributed by atoms with Gasteiger partial charge >= 0.3 is 0 Å². The molecule has 0 bridgehead atoms. The van der Waals surface area contributed by atoms with Crippen LogP contribution < -0.4 is 5.14 Å². The molecule has 0 fully saturated rings. The summed E-state index contributed by atoms with van der Waals surface area (Å²) in [6.45, 7) is 1.64. The van der Waals surface area contributed by atoms with Gasteiger partial charge in [-0.2, -0.15) is 0 Å². The third-order valence-corrected chi connectivity index (χ3v) is 3.70. The van der Waals surface area contributed by atoms with Crippen LogP contribution in [0.2, 0.25) is 5.02 Å². The van der Waals surface area contributed by atoms with Crippen molar-refractivity contribution in [3.8, 4) is 0 Å². The van der Waals surface area contributed by atoms with E-state index in [9.17, 15) is 8.42 Å². The molecule has 0 heterocycles. The van der Waals surface area contributed by atoms with Gasteiger partial charge in [0.05, 0.1) is 4.90 Å². The number of hydrogen-bond acceptors (Lipinski definition) is 2. The zero-order valence-electron chi connectivity index (χ0n) is 6.71. The highest BCUT2D eigenvalue weighted by atomic mass is 79.9. The van der Waals surface area contributed by atoms with E-state index in [4.69, 9.17) is 16.7 Å². The SMILES string of the molecule is Cc1cc(Cl)cc(Br)c1S(N)(=O)=O. The molecule has 0 unspecified atom stereocenters. The molecule has 0 aliphatic carbocycles. The Morgan fingerprint density at radius 3 is 2.38 bits per heavy atom. The average Bonchev–Trinajstić information content (AvgIpc) is 1.78. The summed E-state index contributed by atoms with van der Waals surface area (Å²) in [5, 5.41) is 5.48. The molecular weight excluding hydrogens is 278 g/mol. The van der Waals surface area contributed by atoms with E-state index >= 15 is 0 Å². The normalized spacial score (nSPS) is 11.7. The van der Waals surface area contributed by atoms with Crippen molar-refractivity contribution >= 4 is 37.6 Å². The van der Waals surface area contributed by atoms with Gasteiger partial charge in [-0.1, -0.05) is 11.6 Å². The quantitative estimate of drug-likeness (QED) is 0.858. The van der Waals surface area contributed by atoms with Crippen molar-refractivity contribution in [2.24, 2.45) is 5.14 Å². The maximum Gasteiger partial charge on any atom is 0.239 e. The second-order valence-corrected chi connectivity index (χ2v) is 5.37. The molecule has 0 amide bonds. The third kappa shape index (κ3) is 2.43. The van der Waals surface area contributed by atoms with Crippen LogP contribution in [0.4, 0.5) is 0 Å². The number of nitrogens with two attached hydrogens (primary N) is 1. The zero-order valence-corrected chi connectivity index (χ0v) is 9.87. The molecule has 1 rings (SSSR count). The van der Waals surface area contributed by atoms with Crippen molar-refractivity contribution in [3.05, 3.63) is 27.2 Å². The summed E-state index contributed by atoms with van der Waals surface area (Å²) in [6.07, 6.45) is 0. The van der Waals surface area contributed by atoms with Crippen molar-refractivity contribution < 1.29 is 8.42 Å². The number of aryl methyl sites for hydroxylation is 1. The summed E-state index contributed by atoms with van der Waals surface area (Å²) >= 11 is 8.80. The van der Waals surface area contributed by atoms with E-state index in [1.54, 1.807) is 13.0 Å². The van der Waals surface area contributed by atoms with Crippen LogP contribution in [-0.4, -0.2) is 8.42 Å². The van der Waals surface area contributed by atoms with Crippen LogP contribution in [0, 0.1) is 6.92 Å². The first-order valence-corrected chi connectivity index (χ1v) is 6.02. The van der Waals surface area contributed by atoms with E-state index in [1.165, 1.54) is 6.07 Å². The fourth-order valence-electron chi connectivity index (χ4n) is 1.05. The lowest BCUT2D eigenvalue weighted by atomic mass is 10.2. The molecule has 0 aromatic heterocycles. The Morgan fingerprint density at radius 1 is 1.46 bits per heavy atom. The summed E-state index contributed by atoms with van der Waals surface area (Å²) in [6, 6.07) is 3.04. The minimum absolute atomic E-state index is 0.0805. The zero-order chi connectivity index (χ0) is 10.2. The van der Waals surface area contributed by atoms with E-state index in [2.05, 4.69) is 15.9 Å².